The normalized spacial score (nSPS) is 20.9. The van der Waals surface area contributed by atoms with Crippen molar-refractivity contribution < 1.29 is 10.6 Å². The fraction of sp³-hybridized carbons (Fsp3) is 0.625. The van der Waals surface area contributed by atoms with Crippen LogP contribution in [0.25, 0.3) is 0 Å². The summed E-state index contributed by atoms with van der Waals surface area (Å²) in [6.07, 6.45) is 2.54. The first kappa shape index (κ1) is 20.4. The van der Waals surface area contributed by atoms with Gasteiger partial charge in [0, 0.05) is 6.93 Å². The van der Waals surface area contributed by atoms with Gasteiger partial charge in [-0.05, 0) is 41.4 Å². The van der Waals surface area contributed by atoms with Crippen LogP contribution in [0.4, 0.5) is 0 Å². The second-order valence-electron chi connectivity index (χ2n) is 8.79. The smallest absolute Gasteiger partial charge is 0.258 e. The molecule has 150 valence electrons. The molecule has 1 unspecified atom stereocenters. The van der Waals surface area contributed by atoms with Crippen molar-refractivity contribution in [2.75, 3.05) is 0 Å². The molecule has 0 bridgehead atoms. The summed E-state index contributed by atoms with van der Waals surface area (Å²) < 4.78 is 15.7. The van der Waals surface area contributed by atoms with Crippen LogP contribution in [0.3, 0.4) is 0 Å². The summed E-state index contributed by atoms with van der Waals surface area (Å²) in [7, 11) is -2.15. The van der Waals surface area contributed by atoms with Gasteiger partial charge in [0.2, 0.25) is 0 Å². The molecular weight excluding hydrogens is 348 g/mol. The molecule has 2 atom stereocenters. The maximum absolute atomic E-state index is 13.2. The number of carbonyl (C=O) groups excluding carboxylic acids is 1. The van der Waals surface area contributed by atoms with E-state index in [0.29, 0.717) is 22.2 Å². The van der Waals surface area contributed by atoms with Crippen LogP contribution in [-0.4, -0.2) is 14.1 Å². The molecule has 0 fully saturated rings. The molecule has 0 aromatic heterocycles. The molecule has 0 N–H and O–H groups in total. The molecule has 1 aliphatic carbocycles. The Bertz CT molecular complexity index is 672. The minimum absolute atomic E-state index is 0.0371. The van der Waals surface area contributed by atoms with Gasteiger partial charge in [-0.25, -0.2) is 0 Å². The Kier molecular flexibility index (Phi) is 6.97. The van der Waals surface area contributed by atoms with Gasteiger partial charge in [-0.1, -0.05) is 85.2 Å². The monoisotopic (exact) mass is 387 g/mol. The van der Waals surface area contributed by atoms with Crippen molar-refractivity contribution in [3.8, 4) is 0 Å². The summed E-state index contributed by atoms with van der Waals surface area (Å²) in [4.78, 5) is 13.2. The quantitative estimate of drug-likeness (QED) is 0.306. The highest BCUT2D eigenvalue weighted by molar-refractivity contribution is 6.77. The Morgan fingerprint density at radius 1 is 1.11 bits per heavy atom. The first-order valence-corrected chi connectivity index (χ1v) is 12.8. The highest BCUT2D eigenvalue weighted by Crippen LogP contribution is 2.49. The average molecular weight is 388 g/mol. The number of rotatable bonds is 10. The number of allylic oxidation sites excluding steroid dienone is 2. The van der Waals surface area contributed by atoms with Gasteiger partial charge < -0.3 is 4.43 Å². The molecular formula is C24H38O2Si. The third-order valence-corrected chi connectivity index (χ3v) is 12.1. The Labute approximate surface area is 168 Å². The van der Waals surface area contributed by atoms with E-state index in [2.05, 4.69) is 48.5 Å². The molecule has 2 nitrogen and oxygen atoms in total. The van der Waals surface area contributed by atoms with Crippen molar-refractivity contribution in [1.29, 1.82) is 0 Å². The molecule has 0 radical (unpaired) electrons. The highest BCUT2D eigenvalue weighted by atomic mass is 28.4. The van der Waals surface area contributed by atoms with E-state index in [-0.39, 0.29) is 5.78 Å². The Morgan fingerprint density at radius 3 is 2.15 bits per heavy atom. The molecule has 1 aliphatic rings. The van der Waals surface area contributed by atoms with E-state index in [9.17, 15) is 4.79 Å². The number of Topliss-reactive ketones (excluding diaryl/α,β-unsaturated/α-hetero) is 1. The minimum Gasteiger partial charge on any atom is -0.545 e. The molecule has 0 amide bonds. The molecule has 27 heavy (non-hydrogen) atoms. The molecule has 0 saturated heterocycles. The van der Waals surface area contributed by atoms with Crippen LogP contribution in [0.2, 0.25) is 16.6 Å². The summed E-state index contributed by atoms with van der Waals surface area (Å²) in [6.45, 7) is 15.8. The van der Waals surface area contributed by atoms with E-state index >= 15 is 0 Å². The Hall–Kier alpha value is -1.35. The maximum atomic E-state index is 13.2. The molecule has 0 heterocycles. The lowest BCUT2D eigenvalue weighted by molar-refractivity contribution is 0.0885. The van der Waals surface area contributed by atoms with Crippen LogP contribution in [0.1, 0.15) is 85.9 Å². The van der Waals surface area contributed by atoms with Gasteiger partial charge in [-0.15, -0.1) is 0 Å². The van der Waals surface area contributed by atoms with Crippen LogP contribution < -0.4 is 0 Å². The number of hydrogen-bond donors (Lipinski definition) is 0. The lowest BCUT2D eigenvalue weighted by atomic mass is 9.77. The number of unbranched alkanes of at least 4 members (excludes halogenated alkanes) is 1. The van der Waals surface area contributed by atoms with E-state index in [1.807, 2.05) is 30.3 Å². The summed E-state index contributed by atoms with van der Waals surface area (Å²) in [6, 6.07) is 9.41. The molecule has 0 saturated carbocycles. The van der Waals surface area contributed by atoms with Crippen LogP contribution in [-0.2, 0) is 4.43 Å². The zero-order valence-corrected chi connectivity index (χ0v) is 19.2. The fourth-order valence-electron chi connectivity index (χ4n) is 4.69. The van der Waals surface area contributed by atoms with Crippen molar-refractivity contribution >= 4 is 14.1 Å². The second kappa shape index (κ2) is 9.23. The zero-order valence-electron chi connectivity index (χ0n) is 19.2. The van der Waals surface area contributed by atoms with Gasteiger partial charge in [0.25, 0.3) is 8.32 Å². The van der Waals surface area contributed by atoms with Crippen molar-refractivity contribution in [2.24, 2.45) is 5.92 Å². The molecule has 1 aromatic carbocycles. The number of benzene rings is 1. The number of ketones is 1. The van der Waals surface area contributed by atoms with E-state index in [4.69, 9.17) is 5.80 Å². The van der Waals surface area contributed by atoms with E-state index < -0.39 is 20.6 Å². The standard InChI is InChI=1S/C24H38O2Si/c1-8-9-13-21-16-22(23(25)20-14-11-10-12-15-20)24(21)26-27(17(2)3,18(4)5)19(6)7/h10-12,14-15,17-19,22H,8-9,13,16H2,1-7H3/t22-/m1/s1/i16D/t16?,22-. The lowest BCUT2D eigenvalue weighted by Gasteiger charge is -2.47. The third kappa shape index (κ3) is 4.39. The van der Waals surface area contributed by atoms with Crippen LogP contribution in [0.15, 0.2) is 41.7 Å². The van der Waals surface area contributed by atoms with Crippen LogP contribution >= 0.6 is 0 Å². The summed E-state index contributed by atoms with van der Waals surface area (Å²) in [5, 5.41) is 0. The van der Waals surface area contributed by atoms with E-state index in [1.165, 1.54) is 0 Å². The van der Waals surface area contributed by atoms with Crippen molar-refractivity contribution in [3.05, 3.63) is 47.2 Å². The first-order valence-electron chi connectivity index (χ1n) is 11.2. The topological polar surface area (TPSA) is 26.3 Å². The zero-order chi connectivity index (χ0) is 21.1. The van der Waals surface area contributed by atoms with Crippen molar-refractivity contribution in [1.82, 2.24) is 0 Å². The van der Waals surface area contributed by atoms with E-state index in [1.54, 1.807) is 0 Å². The van der Waals surface area contributed by atoms with Gasteiger partial charge in [0.15, 0.2) is 5.78 Å². The van der Waals surface area contributed by atoms with Gasteiger partial charge in [0.05, 0.1) is 11.7 Å². The van der Waals surface area contributed by atoms with Crippen LogP contribution in [0, 0.1) is 5.92 Å². The van der Waals surface area contributed by atoms with Gasteiger partial charge in [-0.3, -0.25) is 4.79 Å². The largest absolute Gasteiger partial charge is 0.545 e. The number of hydrogen-bond acceptors (Lipinski definition) is 2. The average Bonchev–Trinajstić information content (AvgIpc) is 2.64. The molecule has 1 aromatic rings. The molecule has 2 rings (SSSR count). The lowest BCUT2D eigenvalue weighted by Crippen LogP contribution is -2.49. The summed E-state index contributed by atoms with van der Waals surface area (Å²) >= 11 is 0. The minimum atomic E-state index is -2.15. The SMILES string of the molecule is [2H]C1C(CCCC)=C(O[Si](C(C)C)(C(C)C)C(C)C)[C@H]1C(=O)c1ccccc1. The summed E-state index contributed by atoms with van der Waals surface area (Å²) in [5.74, 6) is 0.442. The van der Waals surface area contributed by atoms with Gasteiger partial charge in [0.1, 0.15) is 0 Å². The predicted octanol–water partition coefficient (Wildman–Crippen LogP) is 7.53. The maximum Gasteiger partial charge on any atom is 0.258 e. The Balaban J connectivity index is 2.46. The van der Waals surface area contributed by atoms with Crippen molar-refractivity contribution in [2.45, 2.75) is 90.7 Å². The number of carbonyl (C=O) groups is 1. The molecule has 0 aliphatic heterocycles. The molecule has 0 spiro atoms. The predicted molar refractivity (Wildman–Crippen MR) is 118 cm³/mol. The van der Waals surface area contributed by atoms with E-state index in [0.717, 1.165) is 30.6 Å². The Morgan fingerprint density at radius 2 is 1.67 bits per heavy atom. The summed E-state index contributed by atoms with van der Waals surface area (Å²) in [5.41, 5.74) is 3.10. The highest BCUT2D eigenvalue weighted by Gasteiger charge is 2.50. The first-order chi connectivity index (χ1) is 13.2. The molecule has 3 heteroatoms. The second-order valence-corrected chi connectivity index (χ2v) is 14.2. The van der Waals surface area contributed by atoms with Gasteiger partial charge in [-0.2, -0.15) is 0 Å². The van der Waals surface area contributed by atoms with Gasteiger partial charge >= 0.3 is 0 Å². The third-order valence-electron chi connectivity index (χ3n) is 6.10. The van der Waals surface area contributed by atoms with Crippen LogP contribution in [0.5, 0.6) is 0 Å². The van der Waals surface area contributed by atoms with Crippen molar-refractivity contribution in [3.63, 3.8) is 0 Å². The fourth-order valence-corrected chi connectivity index (χ4v) is 10.0.